The fourth-order valence-corrected chi connectivity index (χ4v) is 0.863. The lowest BCUT2D eigenvalue weighted by Gasteiger charge is -2.03. The molecule has 3 nitrogen and oxygen atoms in total. The molecule has 0 fully saturated rings. The Morgan fingerprint density at radius 1 is 1.73 bits per heavy atom. The quantitative estimate of drug-likeness (QED) is 0.724. The zero-order chi connectivity index (χ0) is 8.27. The van der Waals surface area contributed by atoms with Crippen LogP contribution in [-0.2, 0) is 0 Å². The Bertz CT molecular complexity index is 215. The van der Waals surface area contributed by atoms with E-state index in [2.05, 4.69) is 0 Å². The van der Waals surface area contributed by atoms with Crippen molar-refractivity contribution in [3.05, 3.63) is 17.9 Å². The number of furan rings is 1. The van der Waals surface area contributed by atoms with Crippen molar-refractivity contribution in [2.75, 3.05) is 6.61 Å². The van der Waals surface area contributed by atoms with Crippen molar-refractivity contribution < 1.29 is 14.3 Å². The van der Waals surface area contributed by atoms with Crippen molar-refractivity contribution in [1.82, 2.24) is 0 Å². The summed E-state index contributed by atoms with van der Waals surface area (Å²) in [6.45, 7) is 4.09. The summed E-state index contributed by atoms with van der Waals surface area (Å²) in [5.41, 5.74) is 0.701. The van der Waals surface area contributed by atoms with E-state index in [1.807, 2.05) is 6.92 Å². The molecule has 1 N–H and O–H groups in total. The van der Waals surface area contributed by atoms with E-state index in [0.29, 0.717) is 18.1 Å². The molecule has 1 aromatic heterocycles. The Morgan fingerprint density at radius 2 is 2.45 bits per heavy atom. The third kappa shape index (κ3) is 1.74. The standard InChI is InChI=1S/C8H12O3/c1-3-10-8-7(6(2)9)4-5-11-8/h4-6,9H,3H2,1-2H3. The average Bonchev–Trinajstić information content (AvgIpc) is 2.36. The molecule has 0 saturated heterocycles. The van der Waals surface area contributed by atoms with Crippen LogP contribution in [0.4, 0.5) is 0 Å². The first-order valence-corrected chi connectivity index (χ1v) is 3.64. The van der Waals surface area contributed by atoms with Crippen LogP contribution in [0.15, 0.2) is 16.7 Å². The maximum absolute atomic E-state index is 9.18. The van der Waals surface area contributed by atoms with Gasteiger partial charge >= 0.3 is 0 Å². The first-order valence-electron chi connectivity index (χ1n) is 3.64. The maximum Gasteiger partial charge on any atom is 0.290 e. The third-order valence-electron chi connectivity index (χ3n) is 1.38. The SMILES string of the molecule is CCOc1occc1C(C)O. The Balaban J connectivity index is 2.78. The van der Waals surface area contributed by atoms with Crippen LogP contribution in [0, 0.1) is 0 Å². The highest BCUT2D eigenvalue weighted by Crippen LogP contribution is 2.25. The van der Waals surface area contributed by atoms with E-state index >= 15 is 0 Å². The fraction of sp³-hybridized carbons (Fsp3) is 0.500. The second kappa shape index (κ2) is 3.44. The van der Waals surface area contributed by atoms with Crippen molar-refractivity contribution in [3.63, 3.8) is 0 Å². The Labute approximate surface area is 65.6 Å². The summed E-state index contributed by atoms with van der Waals surface area (Å²) in [7, 11) is 0. The van der Waals surface area contributed by atoms with Crippen molar-refractivity contribution in [3.8, 4) is 5.95 Å². The summed E-state index contributed by atoms with van der Waals surface area (Å²) in [6, 6.07) is 1.70. The molecule has 1 rings (SSSR count). The Hall–Kier alpha value is -0.960. The predicted molar refractivity (Wildman–Crippen MR) is 40.5 cm³/mol. The summed E-state index contributed by atoms with van der Waals surface area (Å²) in [5, 5.41) is 9.18. The van der Waals surface area contributed by atoms with Gasteiger partial charge in [0.25, 0.3) is 5.95 Å². The maximum atomic E-state index is 9.18. The van der Waals surface area contributed by atoms with E-state index in [-0.39, 0.29) is 0 Å². The number of rotatable bonds is 3. The summed E-state index contributed by atoms with van der Waals surface area (Å²) in [6.07, 6.45) is 0.975. The highest BCUT2D eigenvalue weighted by molar-refractivity contribution is 5.24. The second-order valence-electron chi connectivity index (χ2n) is 2.27. The molecule has 62 valence electrons. The minimum atomic E-state index is -0.532. The van der Waals surface area contributed by atoms with Crippen molar-refractivity contribution >= 4 is 0 Å². The molecular weight excluding hydrogens is 144 g/mol. The predicted octanol–water partition coefficient (Wildman–Crippen LogP) is 1.73. The van der Waals surface area contributed by atoms with E-state index in [0.717, 1.165) is 0 Å². The summed E-state index contributed by atoms with van der Waals surface area (Å²) in [5.74, 6) is 0.419. The molecule has 3 heteroatoms. The van der Waals surface area contributed by atoms with Crippen LogP contribution in [0.25, 0.3) is 0 Å². The van der Waals surface area contributed by atoms with Gasteiger partial charge in [-0.05, 0) is 19.9 Å². The van der Waals surface area contributed by atoms with Gasteiger partial charge in [0, 0.05) is 0 Å². The van der Waals surface area contributed by atoms with Gasteiger partial charge in [0.2, 0.25) is 0 Å². The van der Waals surface area contributed by atoms with Crippen LogP contribution in [0.1, 0.15) is 25.5 Å². The molecule has 11 heavy (non-hydrogen) atoms. The normalized spacial score (nSPS) is 13.0. The van der Waals surface area contributed by atoms with Crippen LogP contribution in [0.5, 0.6) is 5.95 Å². The topological polar surface area (TPSA) is 42.6 Å². The molecule has 0 aliphatic carbocycles. The summed E-state index contributed by atoms with van der Waals surface area (Å²) < 4.78 is 10.1. The molecule has 1 heterocycles. The van der Waals surface area contributed by atoms with E-state index < -0.39 is 6.10 Å². The van der Waals surface area contributed by atoms with Gasteiger partial charge in [-0.25, -0.2) is 0 Å². The number of aliphatic hydroxyl groups is 1. The molecule has 0 amide bonds. The summed E-state index contributed by atoms with van der Waals surface area (Å²) >= 11 is 0. The molecule has 0 bridgehead atoms. The molecular formula is C8H12O3. The monoisotopic (exact) mass is 156 g/mol. The largest absolute Gasteiger partial charge is 0.465 e. The summed E-state index contributed by atoms with van der Waals surface area (Å²) in [4.78, 5) is 0. The van der Waals surface area contributed by atoms with E-state index in [1.165, 1.54) is 6.26 Å². The van der Waals surface area contributed by atoms with E-state index in [1.54, 1.807) is 13.0 Å². The Kier molecular flexibility index (Phi) is 2.54. The molecule has 0 saturated carbocycles. The van der Waals surface area contributed by atoms with Crippen molar-refractivity contribution in [2.45, 2.75) is 20.0 Å². The van der Waals surface area contributed by atoms with Gasteiger partial charge in [-0.2, -0.15) is 0 Å². The van der Waals surface area contributed by atoms with Gasteiger partial charge < -0.3 is 14.3 Å². The van der Waals surface area contributed by atoms with Crippen molar-refractivity contribution in [1.29, 1.82) is 0 Å². The zero-order valence-corrected chi connectivity index (χ0v) is 6.70. The highest BCUT2D eigenvalue weighted by atomic mass is 16.6. The van der Waals surface area contributed by atoms with Crippen molar-refractivity contribution in [2.24, 2.45) is 0 Å². The number of hydrogen-bond acceptors (Lipinski definition) is 3. The molecule has 1 unspecified atom stereocenters. The van der Waals surface area contributed by atoms with Crippen LogP contribution in [0.2, 0.25) is 0 Å². The number of ether oxygens (including phenoxy) is 1. The number of hydrogen-bond donors (Lipinski definition) is 1. The van der Waals surface area contributed by atoms with Crippen LogP contribution >= 0.6 is 0 Å². The van der Waals surface area contributed by atoms with Gasteiger partial charge in [0.1, 0.15) is 0 Å². The van der Waals surface area contributed by atoms with Gasteiger partial charge in [-0.1, -0.05) is 0 Å². The first-order chi connectivity index (χ1) is 5.25. The fourth-order valence-electron chi connectivity index (χ4n) is 0.863. The smallest absolute Gasteiger partial charge is 0.290 e. The van der Waals surface area contributed by atoms with Gasteiger partial charge in [-0.15, -0.1) is 0 Å². The third-order valence-corrected chi connectivity index (χ3v) is 1.38. The molecule has 0 aromatic carbocycles. The van der Waals surface area contributed by atoms with E-state index in [4.69, 9.17) is 9.15 Å². The molecule has 1 aromatic rings. The first kappa shape index (κ1) is 8.14. The van der Waals surface area contributed by atoms with Gasteiger partial charge in [0.05, 0.1) is 24.5 Å². The minimum Gasteiger partial charge on any atom is -0.465 e. The second-order valence-corrected chi connectivity index (χ2v) is 2.27. The van der Waals surface area contributed by atoms with E-state index in [9.17, 15) is 5.11 Å². The molecule has 0 spiro atoms. The number of aliphatic hydroxyl groups excluding tert-OH is 1. The zero-order valence-electron chi connectivity index (χ0n) is 6.70. The van der Waals surface area contributed by atoms with Crippen LogP contribution in [-0.4, -0.2) is 11.7 Å². The molecule has 0 radical (unpaired) electrons. The minimum absolute atomic E-state index is 0.419. The van der Waals surface area contributed by atoms with Crippen LogP contribution in [0.3, 0.4) is 0 Å². The lowest BCUT2D eigenvalue weighted by Crippen LogP contribution is -1.96. The van der Waals surface area contributed by atoms with Gasteiger partial charge in [0.15, 0.2) is 0 Å². The lowest BCUT2D eigenvalue weighted by molar-refractivity contribution is 0.182. The highest BCUT2D eigenvalue weighted by Gasteiger charge is 2.11. The van der Waals surface area contributed by atoms with Crippen LogP contribution < -0.4 is 4.74 Å². The average molecular weight is 156 g/mol. The molecule has 0 aliphatic rings. The molecule has 1 atom stereocenters. The van der Waals surface area contributed by atoms with Gasteiger partial charge in [-0.3, -0.25) is 0 Å². The lowest BCUT2D eigenvalue weighted by atomic mass is 10.2. The Morgan fingerprint density at radius 3 is 3.00 bits per heavy atom. The molecule has 0 aliphatic heterocycles.